The van der Waals surface area contributed by atoms with Crippen LogP contribution in [0.25, 0.3) is 27.1 Å². The van der Waals surface area contributed by atoms with Crippen molar-refractivity contribution in [3.8, 4) is 16.8 Å². The Kier molecular flexibility index (Phi) is 5.23. The Morgan fingerprint density at radius 1 is 1.32 bits per heavy atom. The number of methoxy groups -OCH3 is 1. The van der Waals surface area contributed by atoms with Crippen LogP contribution in [0, 0.1) is 11.3 Å². The van der Waals surface area contributed by atoms with Crippen LogP contribution >= 0.6 is 11.3 Å². The molecule has 0 spiro atoms. The molecule has 0 aliphatic rings. The Labute approximate surface area is 147 Å². The van der Waals surface area contributed by atoms with Crippen LogP contribution in [0.5, 0.6) is 0 Å². The standard InChI is InChI=1S/C18H14N2O4S/c1-22-8-9-23-18(21)12(11-19)10-13-6-7-15(24-13)17-20-14-4-2-3-5-16(14)25-17/h2-7,10H,8-9H2,1H3/b12-10+. The lowest BCUT2D eigenvalue weighted by atomic mass is 10.2. The van der Waals surface area contributed by atoms with Crippen LogP contribution in [0.2, 0.25) is 0 Å². The number of fused-ring (bicyclic) bond motifs is 1. The van der Waals surface area contributed by atoms with E-state index in [1.807, 2.05) is 30.3 Å². The highest BCUT2D eigenvalue weighted by Gasteiger charge is 2.14. The number of benzene rings is 1. The molecular weight excluding hydrogens is 340 g/mol. The molecule has 0 fully saturated rings. The zero-order valence-corrected chi connectivity index (χ0v) is 14.2. The number of ether oxygens (including phenoxy) is 2. The Hall–Kier alpha value is -2.95. The van der Waals surface area contributed by atoms with E-state index in [0.717, 1.165) is 15.2 Å². The van der Waals surface area contributed by atoms with Gasteiger partial charge in [0.2, 0.25) is 0 Å². The first-order valence-electron chi connectivity index (χ1n) is 7.45. The van der Waals surface area contributed by atoms with Gasteiger partial charge in [-0.3, -0.25) is 0 Å². The van der Waals surface area contributed by atoms with Crippen molar-refractivity contribution in [2.45, 2.75) is 0 Å². The Morgan fingerprint density at radius 2 is 2.16 bits per heavy atom. The fourth-order valence-corrected chi connectivity index (χ4v) is 3.02. The van der Waals surface area contributed by atoms with Crippen LogP contribution < -0.4 is 0 Å². The molecule has 0 amide bonds. The molecule has 0 saturated heterocycles. The van der Waals surface area contributed by atoms with Gasteiger partial charge >= 0.3 is 5.97 Å². The lowest BCUT2D eigenvalue weighted by molar-refractivity contribution is -0.139. The summed E-state index contributed by atoms with van der Waals surface area (Å²) in [6.07, 6.45) is 1.35. The number of nitrogens with zero attached hydrogens (tertiary/aromatic N) is 2. The summed E-state index contributed by atoms with van der Waals surface area (Å²) >= 11 is 1.51. The number of hydrogen-bond acceptors (Lipinski definition) is 7. The molecule has 0 aliphatic heterocycles. The normalized spacial score (nSPS) is 11.4. The van der Waals surface area contributed by atoms with Gasteiger partial charge in [-0.1, -0.05) is 12.1 Å². The highest BCUT2D eigenvalue weighted by molar-refractivity contribution is 7.21. The maximum atomic E-state index is 11.8. The van der Waals surface area contributed by atoms with Crippen LogP contribution in [-0.2, 0) is 14.3 Å². The second kappa shape index (κ2) is 7.75. The molecule has 2 aromatic heterocycles. The zero-order valence-electron chi connectivity index (χ0n) is 13.4. The molecule has 0 bridgehead atoms. The minimum absolute atomic E-state index is 0.0868. The largest absolute Gasteiger partial charge is 0.459 e. The van der Waals surface area contributed by atoms with Crippen LogP contribution in [0.4, 0.5) is 0 Å². The van der Waals surface area contributed by atoms with E-state index in [2.05, 4.69) is 4.98 Å². The second-order valence-corrected chi connectivity index (χ2v) is 6.02. The molecule has 0 unspecified atom stereocenters. The van der Waals surface area contributed by atoms with Crippen molar-refractivity contribution in [1.82, 2.24) is 4.98 Å². The van der Waals surface area contributed by atoms with E-state index in [0.29, 0.717) is 11.5 Å². The van der Waals surface area contributed by atoms with Crippen LogP contribution in [0.3, 0.4) is 0 Å². The molecular formula is C18H14N2O4S. The van der Waals surface area contributed by atoms with Gasteiger partial charge in [0.25, 0.3) is 0 Å². The van der Waals surface area contributed by atoms with E-state index in [9.17, 15) is 4.79 Å². The summed E-state index contributed by atoms with van der Waals surface area (Å²) in [5.41, 5.74) is 0.761. The molecule has 0 atom stereocenters. The van der Waals surface area contributed by atoms with Crippen molar-refractivity contribution in [2.24, 2.45) is 0 Å². The number of carbonyl (C=O) groups is 1. The number of hydrogen-bond donors (Lipinski definition) is 0. The highest BCUT2D eigenvalue weighted by Crippen LogP contribution is 2.31. The third-order valence-corrected chi connectivity index (χ3v) is 4.33. The van der Waals surface area contributed by atoms with Gasteiger partial charge in [-0.15, -0.1) is 11.3 Å². The number of para-hydroxylation sites is 1. The molecule has 3 aromatic rings. The average Bonchev–Trinajstić information content (AvgIpc) is 3.26. The fourth-order valence-electron chi connectivity index (χ4n) is 2.10. The summed E-state index contributed by atoms with van der Waals surface area (Å²) in [6, 6.07) is 13.1. The van der Waals surface area contributed by atoms with E-state index in [1.165, 1.54) is 24.5 Å². The smallest absolute Gasteiger partial charge is 0.349 e. The van der Waals surface area contributed by atoms with Crippen LogP contribution in [0.15, 0.2) is 46.4 Å². The SMILES string of the molecule is COCCOC(=O)/C(C#N)=C/c1ccc(-c2nc3ccccc3s2)o1. The van der Waals surface area contributed by atoms with Gasteiger partial charge in [-0.05, 0) is 24.3 Å². The molecule has 1 aromatic carbocycles. The maximum absolute atomic E-state index is 11.8. The molecule has 126 valence electrons. The summed E-state index contributed by atoms with van der Waals surface area (Å²) in [4.78, 5) is 16.3. The lowest BCUT2D eigenvalue weighted by Crippen LogP contribution is -2.11. The molecule has 0 radical (unpaired) electrons. The number of furan rings is 1. The first kappa shape index (κ1) is 16.9. The lowest BCUT2D eigenvalue weighted by Gasteiger charge is -2.01. The molecule has 3 rings (SSSR count). The molecule has 6 nitrogen and oxygen atoms in total. The topological polar surface area (TPSA) is 85.4 Å². The quantitative estimate of drug-likeness (QED) is 0.291. The van der Waals surface area contributed by atoms with Crippen molar-refractivity contribution in [2.75, 3.05) is 20.3 Å². The van der Waals surface area contributed by atoms with Gasteiger partial charge in [0.1, 0.15) is 24.0 Å². The van der Waals surface area contributed by atoms with Crippen LogP contribution in [0.1, 0.15) is 5.76 Å². The number of aromatic nitrogens is 1. The Bertz CT molecular complexity index is 932. The third kappa shape index (κ3) is 3.94. The third-order valence-electron chi connectivity index (χ3n) is 3.28. The predicted molar refractivity (Wildman–Crippen MR) is 93.7 cm³/mol. The van der Waals surface area contributed by atoms with E-state index in [4.69, 9.17) is 19.2 Å². The number of nitriles is 1. The van der Waals surface area contributed by atoms with E-state index in [1.54, 1.807) is 12.1 Å². The molecule has 0 N–H and O–H groups in total. The zero-order chi connectivity index (χ0) is 17.6. The number of thiazole rings is 1. The summed E-state index contributed by atoms with van der Waals surface area (Å²) in [5, 5.41) is 9.87. The molecule has 0 saturated carbocycles. The van der Waals surface area contributed by atoms with Crippen molar-refractivity contribution in [3.63, 3.8) is 0 Å². The van der Waals surface area contributed by atoms with Crippen molar-refractivity contribution in [3.05, 3.63) is 47.7 Å². The van der Waals surface area contributed by atoms with Gasteiger partial charge in [-0.2, -0.15) is 5.26 Å². The highest BCUT2D eigenvalue weighted by atomic mass is 32.1. The average molecular weight is 354 g/mol. The first-order valence-corrected chi connectivity index (χ1v) is 8.26. The maximum Gasteiger partial charge on any atom is 0.349 e. The van der Waals surface area contributed by atoms with Gasteiger partial charge in [-0.25, -0.2) is 9.78 Å². The summed E-state index contributed by atoms with van der Waals surface area (Å²) in [5.74, 6) is 0.254. The predicted octanol–water partition coefficient (Wildman–Crippen LogP) is 3.65. The van der Waals surface area contributed by atoms with E-state index in [-0.39, 0.29) is 18.8 Å². The Morgan fingerprint density at radius 3 is 2.92 bits per heavy atom. The van der Waals surface area contributed by atoms with Crippen molar-refractivity contribution >= 4 is 33.6 Å². The fraction of sp³-hybridized carbons (Fsp3) is 0.167. The molecule has 0 aliphatic carbocycles. The monoisotopic (exact) mass is 354 g/mol. The van der Waals surface area contributed by atoms with Gasteiger partial charge in [0.15, 0.2) is 10.8 Å². The van der Waals surface area contributed by atoms with E-state index < -0.39 is 5.97 Å². The summed E-state index contributed by atoms with van der Waals surface area (Å²) in [7, 11) is 1.50. The summed E-state index contributed by atoms with van der Waals surface area (Å²) < 4.78 is 16.5. The number of carbonyl (C=O) groups excluding carboxylic acids is 1. The number of rotatable bonds is 6. The summed E-state index contributed by atoms with van der Waals surface area (Å²) in [6.45, 7) is 0.358. The minimum Gasteiger partial charge on any atom is -0.459 e. The molecule has 7 heteroatoms. The second-order valence-electron chi connectivity index (χ2n) is 4.99. The van der Waals surface area contributed by atoms with E-state index >= 15 is 0 Å². The molecule has 2 heterocycles. The molecule has 25 heavy (non-hydrogen) atoms. The number of esters is 1. The minimum atomic E-state index is -0.711. The Balaban J connectivity index is 1.80. The van der Waals surface area contributed by atoms with Gasteiger partial charge < -0.3 is 13.9 Å². The first-order chi connectivity index (χ1) is 12.2. The van der Waals surface area contributed by atoms with Gasteiger partial charge in [0.05, 0.1) is 16.8 Å². The van der Waals surface area contributed by atoms with Crippen molar-refractivity contribution in [1.29, 1.82) is 5.26 Å². The van der Waals surface area contributed by atoms with Crippen LogP contribution in [-0.4, -0.2) is 31.3 Å². The van der Waals surface area contributed by atoms with Crippen molar-refractivity contribution < 1.29 is 18.7 Å². The van der Waals surface area contributed by atoms with Gasteiger partial charge in [0, 0.05) is 13.2 Å².